The standard InChI is InChI=1S/C23H22N2O/c1-26-18-12-13-21-17(15-18)7-6-14-24(21)16-25-22-10-4-2-8-19(22)20-9-3-5-11-23(20)25/h2-5,8-13,15H,6-7,14,16H2,1H3. The summed E-state index contributed by atoms with van der Waals surface area (Å²) in [6, 6.07) is 23.9. The summed E-state index contributed by atoms with van der Waals surface area (Å²) < 4.78 is 7.86. The highest BCUT2D eigenvalue weighted by Crippen LogP contribution is 2.33. The molecule has 0 saturated heterocycles. The number of rotatable bonds is 3. The average Bonchev–Trinajstić information content (AvgIpc) is 3.02. The third-order valence-corrected chi connectivity index (χ3v) is 5.49. The van der Waals surface area contributed by atoms with Crippen LogP contribution < -0.4 is 9.64 Å². The van der Waals surface area contributed by atoms with Crippen LogP contribution in [-0.4, -0.2) is 18.2 Å². The second-order valence-corrected chi connectivity index (χ2v) is 6.97. The smallest absolute Gasteiger partial charge is 0.119 e. The van der Waals surface area contributed by atoms with E-state index in [4.69, 9.17) is 4.74 Å². The molecule has 0 N–H and O–H groups in total. The van der Waals surface area contributed by atoms with Crippen LogP contribution in [0.5, 0.6) is 5.75 Å². The van der Waals surface area contributed by atoms with E-state index in [1.165, 1.54) is 39.5 Å². The van der Waals surface area contributed by atoms with Crippen LogP contribution in [0.1, 0.15) is 12.0 Å². The topological polar surface area (TPSA) is 17.4 Å². The van der Waals surface area contributed by atoms with Gasteiger partial charge in [-0.1, -0.05) is 36.4 Å². The van der Waals surface area contributed by atoms with Crippen molar-refractivity contribution < 1.29 is 4.74 Å². The Bertz CT molecular complexity index is 1040. The fourth-order valence-corrected chi connectivity index (χ4v) is 4.25. The number of anilines is 1. The number of ether oxygens (including phenoxy) is 1. The van der Waals surface area contributed by atoms with E-state index in [1.54, 1.807) is 7.11 Å². The van der Waals surface area contributed by atoms with Gasteiger partial charge in [-0.3, -0.25) is 0 Å². The van der Waals surface area contributed by atoms with Gasteiger partial charge in [-0.25, -0.2) is 0 Å². The maximum atomic E-state index is 5.41. The van der Waals surface area contributed by atoms with Gasteiger partial charge in [0.05, 0.1) is 24.8 Å². The molecule has 3 heteroatoms. The largest absolute Gasteiger partial charge is 0.497 e. The van der Waals surface area contributed by atoms with E-state index in [0.29, 0.717) is 0 Å². The van der Waals surface area contributed by atoms with Crippen LogP contribution in [0.2, 0.25) is 0 Å². The fraction of sp³-hybridized carbons (Fsp3) is 0.217. The number of nitrogens with zero attached hydrogens (tertiary/aromatic N) is 2. The van der Waals surface area contributed by atoms with Gasteiger partial charge in [-0.2, -0.15) is 0 Å². The van der Waals surface area contributed by atoms with Crippen LogP contribution in [0.25, 0.3) is 21.8 Å². The molecule has 0 unspecified atom stereocenters. The first-order valence-electron chi connectivity index (χ1n) is 9.23. The van der Waals surface area contributed by atoms with Gasteiger partial charge in [0.1, 0.15) is 5.75 Å². The monoisotopic (exact) mass is 342 g/mol. The minimum atomic E-state index is 0.868. The number of fused-ring (bicyclic) bond motifs is 4. The van der Waals surface area contributed by atoms with Gasteiger partial charge in [0.25, 0.3) is 0 Å². The first-order valence-corrected chi connectivity index (χ1v) is 9.23. The van der Waals surface area contributed by atoms with Crippen LogP contribution in [0.15, 0.2) is 66.7 Å². The number of aryl methyl sites for hydroxylation is 1. The molecule has 0 bridgehead atoms. The Hall–Kier alpha value is -2.94. The Balaban J connectivity index is 1.62. The zero-order valence-electron chi connectivity index (χ0n) is 15.0. The Kier molecular flexibility index (Phi) is 3.59. The van der Waals surface area contributed by atoms with Crippen LogP contribution >= 0.6 is 0 Å². The van der Waals surface area contributed by atoms with Gasteiger partial charge in [0.2, 0.25) is 0 Å². The van der Waals surface area contributed by atoms with Gasteiger partial charge in [0.15, 0.2) is 0 Å². The zero-order chi connectivity index (χ0) is 17.5. The lowest BCUT2D eigenvalue weighted by molar-refractivity contribution is 0.414. The first kappa shape index (κ1) is 15.3. The second kappa shape index (κ2) is 6.10. The summed E-state index contributed by atoms with van der Waals surface area (Å²) in [7, 11) is 1.74. The molecule has 0 atom stereocenters. The molecule has 1 aliphatic heterocycles. The van der Waals surface area contributed by atoms with E-state index in [0.717, 1.165) is 25.4 Å². The predicted octanol–water partition coefficient (Wildman–Crippen LogP) is 5.21. The van der Waals surface area contributed by atoms with E-state index in [1.807, 2.05) is 0 Å². The van der Waals surface area contributed by atoms with E-state index in [2.05, 4.69) is 76.2 Å². The predicted molar refractivity (Wildman–Crippen MR) is 108 cm³/mol. The van der Waals surface area contributed by atoms with Crippen molar-refractivity contribution in [3.63, 3.8) is 0 Å². The number of benzene rings is 3. The van der Waals surface area contributed by atoms with E-state index >= 15 is 0 Å². The minimum Gasteiger partial charge on any atom is -0.497 e. The zero-order valence-corrected chi connectivity index (χ0v) is 15.0. The lowest BCUT2D eigenvalue weighted by Crippen LogP contribution is -2.31. The molecule has 0 saturated carbocycles. The van der Waals surface area contributed by atoms with E-state index in [9.17, 15) is 0 Å². The Labute approximate surface area is 153 Å². The molecule has 26 heavy (non-hydrogen) atoms. The molecule has 2 heterocycles. The van der Waals surface area contributed by atoms with Crippen molar-refractivity contribution in [3.05, 3.63) is 72.3 Å². The molecule has 0 spiro atoms. The van der Waals surface area contributed by atoms with Crippen LogP contribution in [0.4, 0.5) is 5.69 Å². The summed E-state index contributed by atoms with van der Waals surface area (Å²) in [5.41, 5.74) is 5.32. The summed E-state index contributed by atoms with van der Waals surface area (Å²) in [6.45, 7) is 1.95. The molecule has 0 fully saturated rings. The number of hydrogen-bond donors (Lipinski definition) is 0. The summed E-state index contributed by atoms with van der Waals surface area (Å²) in [4.78, 5) is 2.50. The molecular weight excluding hydrogens is 320 g/mol. The Morgan fingerprint density at radius 3 is 2.27 bits per heavy atom. The van der Waals surface area contributed by atoms with Crippen molar-refractivity contribution in [2.24, 2.45) is 0 Å². The average molecular weight is 342 g/mol. The van der Waals surface area contributed by atoms with Crippen molar-refractivity contribution in [2.75, 3.05) is 18.6 Å². The van der Waals surface area contributed by atoms with E-state index < -0.39 is 0 Å². The van der Waals surface area contributed by atoms with Crippen LogP contribution in [0.3, 0.4) is 0 Å². The molecule has 0 radical (unpaired) electrons. The highest BCUT2D eigenvalue weighted by atomic mass is 16.5. The maximum Gasteiger partial charge on any atom is 0.119 e. The number of methoxy groups -OCH3 is 1. The second-order valence-electron chi connectivity index (χ2n) is 6.97. The Morgan fingerprint density at radius 1 is 0.885 bits per heavy atom. The number of hydrogen-bond acceptors (Lipinski definition) is 2. The molecular formula is C23H22N2O. The normalized spacial score (nSPS) is 14.0. The lowest BCUT2D eigenvalue weighted by atomic mass is 10.0. The van der Waals surface area contributed by atoms with Crippen molar-refractivity contribution in [2.45, 2.75) is 19.5 Å². The molecule has 3 aromatic carbocycles. The van der Waals surface area contributed by atoms with Gasteiger partial charge in [-0.15, -0.1) is 0 Å². The van der Waals surface area contributed by atoms with Gasteiger partial charge < -0.3 is 14.2 Å². The molecule has 5 rings (SSSR count). The highest BCUT2D eigenvalue weighted by molar-refractivity contribution is 6.08. The summed E-state index contributed by atoms with van der Waals surface area (Å²) >= 11 is 0. The fourth-order valence-electron chi connectivity index (χ4n) is 4.25. The third-order valence-electron chi connectivity index (χ3n) is 5.49. The Morgan fingerprint density at radius 2 is 1.58 bits per heavy atom. The first-order chi connectivity index (χ1) is 12.8. The van der Waals surface area contributed by atoms with Gasteiger partial charge >= 0.3 is 0 Å². The molecule has 0 aliphatic carbocycles. The summed E-state index contributed by atoms with van der Waals surface area (Å²) in [5, 5.41) is 2.66. The lowest BCUT2D eigenvalue weighted by Gasteiger charge is -2.32. The number of aromatic nitrogens is 1. The highest BCUT2D eigenvalue weighted by Gasteiger charge is 2.19. The molecule has 0 amide bonds. The molecule has 1 aromatic heterocycles. The van der Waals surface area contributed by atoms with Gasteiger partial charge in [0, 0.05) is 23.0 Å². The summed E-state index contributed by atoms with van der Waals surface area (Å²) in [5.74, 6) is 0.947. The summed E-state index contributed by atoms with van der Waals surface area (Å²) in [6.07, 6.45) is 2.30. The quantitative estimate of drug-likeness (QED) is 0.508. The van der Waals surface area contributed by atoms with Crippen LogP contribution in [0, 0.1) is 0 Å². The molecule has 130 valence electrons. The van der Waals surface area contributed by atoms with E-state index in [-0.39, 0.29) is 0 Å². The van der Waals surface area contributed by atoms with Crippen molar-refractivity contribution in [1.29, 1.82) is 0 Å². The maximum absolute atomic E-state index is 5.41. The number of para-hydroxylation sites is 2. The van der Waals surface area contributed by atoms with Crippen molar-refractivity contribution >= 4 is 27.5 Å². The SMILES string of the molecule is COc1ccc2c(c1)CCCN2Cn1c2ccccc2c2ccccc21. The minimum absolute atomic E-state index is 0.868. The third kappa shape index (κ3) is 2.35. The molecule has 3 nitrogen and oxygen atoms in total. The molecule has 1 aliphatic rings. The van der Waals surface area contributed by atoms with Crippen molar-refractivity contribution in [1.82, 2.24) is 4.57 Å². The van der Waals surface area contributed by atoms with Crippen molar-refractivity contribution in [3.8, 4) is 5.75 Å². The molecule has 4 aromatic rings. The van der Waals surface area contributed by atoms with Crippen LogP contribution in [-0.2, 0) is 13.1 Å². The van der Waals surface area contributed by atoms with Gasteiger partial charge in [-0.05, 0) is 48.7 Å².